The smallest absolute Gasteiger partial charge is 0.257 e. The Labute approximate surface area is 187 Å². The Balaban J connectivity index is 1.36. The molecule has 1 saturated heterocycles. The van der Waals surface area contributed by atoms with Gasteiger partial charge < -0.3 is 0 Å². The second-order valence-corrected chi connectivity index (χ2v) is 11.6. The molecule has 0 unspecified atom stereocenters. The Bertz CT molecular complexity index is 1380. The van der Waals surface area contributed by atoms with Gasteiger partial charge in [0.25, 0.3) is 5.91 Å². The Morgan fingerprint density at radius 3 is 2.29 bits per heavy atom. The standard InChI is InChI=1S/C21H20N4O3S3/c1-13-22-16-9-10-17-19(18(16)29-13)30-21(23-17)24-20(26)14-5-7-15(8-6-14)31(27,28)25-11-3-2-4-12-25/h5-10H,2-4,11-12H2,1H3,(H,23,24,26). The third kappa shape index (κ3) is 3.84. The van der Waals surface area contributed by atoms with E-state index in [1.807, 2.05) is 19.1 Å². The minimum Gasteiger partial charge on any atom is -0.298 e. The van der Waals surface area contributed by atoms with Gasteiger partial charge in [0, 0.05) is 18.7 Å². The number of carbonyl (C=O) groups is 1. The molecule has 3 heterocycles. The number of hydrogen-bond donors (Lipinski definition) is 1. The predicted molar refractivity (Wildman–Crippen MR) is 125 cm³/mol. The van der Waals surface area contributed by atoms with Crippen LogP contribution in [0.2, 0.25) is 0 Å². The third-order valence-electron chi connectivity index (χ3n) is 5.31. The lowest BCUT2D eigenvalue weighted by Crippen LogP contribution is -2.35. The van der Waals surface area contributed by atoms with Crippen LogP contribution in [0.1, 0.15) is 34.6 Å². The van der Waals surface area contributed by atoms with Crippen LogP contribution in [0.5, 0.6) is 0 Å². The fourth-order valence-corrected chi connectivity index (χ4v) is 7.26. The predicted octanol–water partition coefficient (Wildman–Crippen LogP) is 4.64. The number of aromatic nitrogens is 2. The van der Waals surface area contributed by atoms with Gasteiger partial charge >= 0.3 is 0 Å². The van der Waals surface area contributed by atoms with Gasteiger partial charge in [0.15, 0.2) is 5.13 Å². The molecule has 7 nitrogen and oxygen atoms in total. The summed E-state index contributed by atoms with van der Waals surface area (Å²) in [5, 5.41) is 4.32. The van der Waals surface area contributed by atoms with Crippen LogP contribution in [-0.4, -0.2) is 41.7 Å². The van der Waals surface area contributed by atoms with Gasteiger partial charge in [0.05, 0.1) is 30.3 Å². The first kappa shape index (κ1) is 20.5. The molecule has 1 amide bonds. The van der Waals surface area contributed by atoms with E-state index in [9.17, 15) is 13.2 Å². The molecule has 0 bridgehead atoms. The lowest BCUT2D eigenvalue weighted by Gasteiger charge is -2.25. The summed E-state index contributed by atoms with van der Waals surface area (Å²) in [6.45, 7) is 3.07. The van der Waals surface area contributed by atoms with Crippen molar-refractivity contribution in [2.75, 3.05) is 18.4 Å². The monoisotopic (exact) mass is 472 g/mol. The molecule has 0 atom stereocenters. The highest BCUT2D eigenvalue weighted by Crippen LogP contribution is 2.36. The van der Waals surface area contributed by atoms with Crippen molar-refractivity contribution in [2.24, 2.45) is 0 Å². The zero-order valence-electron chi connectivity index (χ0n) is 16.8. The van der Waals surface area contributed by atoms with Crippen LogP contribution in [0.15, 0.2) is 41.3 Å². The van der Waals surface area contributed by atoms with Crippen molar-refractivity contribution in [2.45, 2.75) is 31.1 Å². The van der Waals surface area contributed by atoms with Gasteiger partial charge in [0.1, 0.15) is 0 Å². The average Bonchev–Trinajstić information content (AvgIpc) is 3.36. The molecule has 2 aromatic heterocycles. The summed E-state index contributed by atoms with van der Waals surface area (Å²) in [4.78, 5) is 21.9. The first-order valence-electron chi connectivity index (χ1n) is 10.00. The zero-order valence-corrected chi connectivity index (χ0v) is 19.2. The summed E-state index contributed by atoms with van der Waals surface area (Å²) in [5.41, 5.74) is 2.14. The van der Waals surface area contributed by atoms with Crippen molar-refractivity contribution in [1.82, 2.24) is 14.3 Å². The first-order chi connectivity index (χ1) is 14.9. The topological polar surface area (TPSA) is 92.3 Å². The quantitative estimate of drug-likeness (QED) is 0.467. The minimum atomic E-state index is -3.51. The van der Waals surface area contributed by atoms with Crippen LogP contribution in [0.25, 0.3) is 20.4 Å². The summed E-state index contributed by atoms with van der Waals surface area (Å²) in [7, 11) is -3.51. The zero-order chi connectivity index (χ0) is 21.6. The number of benzene rings is 2. The summed E-state index contributed by atoms with van der Waals surface area (Å²) >= 11 is 3.03. The van der Waals surface area contributed by atoms with E-state index in [4.69, 9.17) is 0 Å². The molecule has 31 heavy (non-hydrogen) atoms. The number of hydrogen-bond acceptors (Lipinski definition) is 7. The van der Waals surface area contributed by atoms with Crippen LogP contribution < -0.4 is 5.32 Å². The molecule has 1 aliphatic heterocycles. The van der Waals surface area contributed by atoms with E-state index >= 15 is 0 Å². The number of aryl methyl sites for hydroxylation is 1. The Morgan fingerprint density at radius 2 is 1.58 bits per heavy atom. The van der Waals surface area contributed by atoms with E-state index in [2.05, 4.69) is 15.3 Å². The van der Waals surface area contributed by atoms with E-state index in [-0.39, 0.29) is 10.8 Å². The highest BCUT2D eigenvalue weighted by Gasteiger charge is 2.26. The summed E-state index contributed by atoms with van der Waals surface area (Å²) in [6, 6.07) is 9.94. The third-order valence-corrected chi connectivity index (χ3v) is 9.36. The molecule has 0 radical (unpaired) electrons. The van der Waals surface area contributed by atoms with Gasteiger partial charge in [-0.2, -0.15) is 4.31 Å². The highest BCUT2D eigenvalue weighted by molar-refractivity contribution is 7.89. The van der Waals surface area contributed by atoms with E-state index in [1.165, 1.54) is 27.8 Å². The number of thiazole rings is 2. The summed E-state index contributed by atoms with van der Waals surface area (Å²) in [6.07, 6.45) is 2.83. The molecule has 1 N–H and O–H groups in total. The average molecular weight is 473 g/mol. The van der Waals surface area contributed by atoms with Gasteiger partial charge in [0.2, 0.25) is 10.0 Å². The van der Waals surface area contributed by atoms with Crippen LogP contribution in [0.4, 0.5) is 5.13 Å². The fourth-order valence-electron chi connectivity index (χ4n) is 3.74. The van der Waals surface area contributed by atoms with E-state index < -0.39 is 10.0 Å². The number of piperidine rings is 1. The number of nitrogens with zero attached hydrogens (tertiary/aromatic N) is 3. The largest absolute Gasteiger partial charge is 0.298 e. The maximum absolute atomic E-state index is 12.8. The minimum absolute atomic E-state index is 0.217. The highest BCUT2D eigenvalue weighted by atomic mass is 32.2. The molecule has 0 aliphatic carbocycles. The maximum atomic E-state index is 12.8. The summed E-state index contributed by atoms with van der Waals surface area (Å²) in [5.74, 6) is -0.322. The molecule has 160 valence electrons. The molecule has 5 rings (SSSR count). The normalized spacial score (nSPS) is 15.5. The van der Waals surface area contributed by atoms with Crippen LogP contribution in [-0.2, 0) is 10.0 Å². The van der Waals surface area contributed by atoms with Crippen molar-refractivity contribution in [3.8, 4) is 0 Å². The lowest BCUT2D eigenvalue weighted by molar-refractivity contribution is 0.102. The van der Waals surface area contributed by atoms with Crippen molar-refractivity contribution in [1.29, 1.82) is 0 Å². The van der Waals surface area contributed by atoms with E-state index in [1.54, 1.807) is 23.5 Å². The van der Waals surface area contributed by atoms with Crippen LogP contribution in [0.3, 0.4) is 0 Å². The van der Waals surface area contributed by atoms with Gasteiger partial charge in [-0.3, -0.25) is 10.1 Å². The van der Waals surface area contributed by atoms with Crippen molar-refractivity contribution < 1.29 is 13.2 Å². The van der Waals surface area contributed by atoms with Crippen molar-refractivity contribution in [3.63, 3.8) is 0 Å². The first-order valence-corrected chi connectivity index (χ1v) is 13.1. The number of amides is 1. The van der Waals surface area contributed by atoms with Crippen LogP contribution in [0, 0.1) is 6.92 Å². The Morgan fingerprint density at radius 1 is 0.935 bits per heavy atom. The number of fused-ring (bicyclic) bond motifs is 3. The molecule has 1 aliphatic rings. The van der Waals surface area contributed by atoms with Gasteiger partial charge in [-0.15, -0.1) is 11.3 Å². The van der Waals surface area contributed by atoms with Crippen molar-refractivity contribution >= 4 is 64.2 Å². The molecular formula is C21H20N4O3S3. The number of sulfonamides is 1. The van der Waals surface area contributed by atoms with Crippen molar-refractivity contribution in [3.05, 3.63) is 47.0 Å². The van der Waals surface area contributed by atoms with Gasteiger partial charge in [-0.05, 0) is 56.2 Å². The number of carbonyl (C=O) groups excluding carboxylic acids is 1. The van der Waals surface area contributed by atoms with E-state index in [0.29, 0.717) is 23.8 Å². The Hall–Kier alpha value is -2.40. The molecule has 10 heteroatoms. The maximum Gasteiger partial charge on any atom is 0.257 e. The molecule has 0 spiro atoms. The molecule has 1 fully saturated rings. The number of nitrogens with one attached hydrogen (secondary N) is 1. The Kier molecular flexibility index (Phi) is 5.25. The lowest BCUT2D eigenvalue weighted by atomic mass is 10.2. The molecule has 0 saturated carbocycles. The fraction of sp³-hybridized carbons (Fsp3) is 0.286. The SMILES string of the molecule is Cc1nc2ccc3nc(NC(=O)c4ccc(S(=O)(=O)N5CCCCC5)cc4)sc3c2s1. The van der Waals surface area contributed by atoms with E-state index in [0.717, 1.165) is 44.7 Å². The molecular weight excluding hydrogens is 452 g/mol. The molecule has 4 aromatic rings. The number of anilines is 1. The number of rotatable bonds is 4. The van der Waals surface area contributed by atoms with Gasteiger partial charge in [-0.25, -0.2) is 18.4 Å². The summed E-state index contributed by atoms with van der Waals surface area (Å²) < 4.78 is 29.2. The van der Waals surface area contributed by atoms with Gasteiger partial charge in [-0.1, -0.05) is 17.8 Å². The second-order valence-electron chi connectivity index (χ2n) is 7.46. The second kappa shape index (κ2) is 7.94. The molecule has 2 aromatic carbocycles. The van der Waals surface area contributed by atoms with Crippen LogP contribution >= 0.6 is 22.7 Å².